The monoisotopic (exact) mass is 307 g/mol. The number of nitrogens with zero attached hydrogens (tertiary/aromatic N) is 2. The quantitative estimate of drug-likeness (QED) is 0.908. The van der Waals surface area contributed by atoms with Gasteiger partial charge >= 0.3 is 0 Å². The molecule has 0 fully saturated rings. The van der Waals surface area contributed by atoms with Crippen LogP contribution in [-0.4, -0.2) is 15.8 Å². The van der Waals surface area contributed by atoms with E-state index in [1.54, 1.807) is 0 Å². The Labute approximate surface area is 131 Å². The van der Waals surface area contributed by atoms with E-state index in [1.807, 2.05) is 43.8 Å². The Kier molecular flexibility index (Phi) is 4.91. The Morgan fingerprint density at radius 3 is 2.62 bits per heavy atom. The number of hydrogen-bond donors (Lipinski definition) is 1. The van der Waals surface area contributed by atoms with E-state index in [0.717, 1.165) is 28.5 Å². The molecule has 2 rings (SSSR count). The van der Waals surface area contributed by atoms with Gasteiger partial charge in [-0.05, 0) is 26.0 Å². The summed E-state index contributed by atoms with van der Waals surface area (Å²) >= 11 is 6.32. The van der Waals surface area contributed by atoms with Crippen molar-refractivity contribution in [2.24, 2.45) is 7.05 Å². The lowest BCUT2D eigenvalue weighted by atomic mass is 10.2. The molecule has 0 bridgehead atoms. The summed E-state index contributed by atoms with van der Waals surface area (Å²) in [6.07, 6.45) is 0. The van der Waals surface area contributed by atoms with Crippen LogP contribution in [0.2, 0.25) is 5.02 Å². The van der Waals surface area contributed by atoms with Crippen LogP contribution >= 0.6 is 11.6 Å². The van der Waals surface area contributed by atoms with Gasteiger partial charge in [0.05, 0.1) is 5.69 Å². The molecule has 114 valence electrons. The van der Waals surface area contributed by atoms with Crippen LogP contribution in [0.25, 0.3) is 0 Å². The van der Waals surface area contributed by atoms with Crippen LogP contribution in [0.4, 0.5) is 0 Å². The van der Waals surface area contributed by atoms with Crippen molar-refractivity contribution in [1.82, 2.24) is 15.1 Å². The fourth-order valence-electron chi connectivity index (χ4n) is 2.12. The Bertz CT molecular complexity index is 635. The van der Waals surface area contributed by atoms with E-state index < -0.39 is 0 Å². The van der Waals surface area contributed by atoms with Crippen LogP contribution in [0.3, 0.4) is 0 Å². The summed E-state index contributed by atoms with van der Waals surface area (Å²) in [5, 5.41) is 8.46. The van der Waals surface area contributed by atoms with Crippen LogP contribution in [0.15, 0.2) is 18.2 Å². The summed E-state index contributed by atoms with van der Waals surface area (Å²) in [7, 11) is 1.91. The van der Waals surface area contributed by atoms with E-state index in [9.17, 15) is 0 Å². The SMILES string of the molecule is Cc1nn(C)c(C)c1Oc1cccc(Cl)c1CNC(C)C. The zero-order valence-electron chi connectivity index (χ0n) is 13.2. The first-order chi connectivity index (χ1) is 9.90. The Morgan fingerprint density at radius 1 is 1.33 bits per heavy atom. The molecule has 0 atom stereocenters. The molecule has 1 aromatic heterocycles. The van der Waals surface area contributed by atoms with Gasteiger partial charge in [0.25, 0.3) is 0 Å². The summed E-state index contributed by atoms with van der Waals surface area (Å²) in [4.78, 5) is 0. The van der Waals surface area contributed by atoms with Gasteiger partial charge in [0.2, 0.25) is 0 Å². The number of ether oxygens (including phenoxy) is 1. The highest BCUT2D eigenvalue weighted by Crippen LogP contribution is 2.33. The molecule has 5 heteroatoms. The van der Waals surface area contributed by atoms with Gasteiger partial charge in [0, 0.05) is 30.2 Å². The van der Waals surface area contributed by atoms with Crippen molar-refractivity contribution in [3.05, 3.63) is 40.2 Å². The molecule has 0 radical (unpaired) electrons. The zero-order valence-corrected chi connectivity index (χ0v) is 14.0. The van der Waals surface area contributed by atoms with Gasteiger partial charge in [0.1, 0.15) is 11.4 Å². The lowest BCUT2D eigenvalue weighted by Gasteiger charge is -2.15. The van der Waals surface area contributed by atoms with E-state index in [0.29, 0.717) is 17.6 Å². The van der Waals surface area contributed by atoms with E-state index in [1.165, 1.54) is 0 Å². The van der Waals surface area contributed by atoms with Gasteiger partial charge in [-0.25, -0.2) is 0 Å². The van der Waals surface area contributed by atoms with Gasteiger partial charge in [-0.3, -0.25) is 4.68 Å². The minimum Gasteiger partial charge on any atom is -0.453 e. The number of aryl methyl sites for hydroxylation is 2. The molecular weight excluding hydrogens is 286 g/mol. The molecule has 0 spiro atoms. The first kappa shape index (κ1) is 15.9. The fourth-order valence-corrected chi connectivity index (χ4v) is 2.36. The molecule has 0 aliphatic heterocycles. The van der Waals surface area contributed by atoms with Gasteiger partial charge in [-0.1, -0.05) is 31.5 Å². The average Bonchev–Trinajstić information content (AvgIpc) is 2.64. The zero-order chi connectivity index (χ0) is 15.6. The highest BCUT2D eigenvalue weighted by molar-refractivity contribution is 6.31. The third kappa shape index (κ3) is 3.57. The minimum atomic E-state index is 0.385. The molecule has 0 saturated carbocycles. The van der Waals surface area contributed by atoms with E-state index in [2.05, 4.69) is 24.3 Å². The molecule has 4 nitrogen and oxygen atoms in total. The van der Waals surface area contributed by atoms with Crippen molar-refractivity contribution < 1.29 is 4.74 Å². The van der Waals surface area contributed by atoms with E-state index in [-0.39, 0.29) is 0 Å². The van der Waals surface area contributed by atoms with Crippen LogP contribution in [0, 0.1) is 13.8 Å². The van der Waals surface area contributed by atoms with Crippen LogP contribution < -0.4 is 10.1 Å². The second-order valence-corrected chi connectivity index (χ2v) is 5.88. The average molecular weight is 308 g/mol. The maximum Gasteiger partial charge on any atom is 0.171 e. The van der Waals surface area contributed by atoms with Crippen LogP contribution in [-0.2, 0) is 13.6 Å². The second-order valence-electron chi connectivity index (χ2n) is 5.48. The Balaban J connectivity index is 2.33. The molecular formula is C16H22ClN3O. The van der Waals surface area contributed by atoms with Crippen molar-refractivity contribution in [3.63, 3.8) is 0 Å². The summed E-state index contributed by atoms with van der Waals surface area (Å²) in [6, 6.07) is 6.11. The maximum atomic E-state index is 6.32. The predicted octanol–water partition coefficient (Wildman–Crippen LogP) is 3.98. The molecule has 0 saturated heterocycles. The topological polar surface area (TPSA) is 39.1 Å². The molecule has 0 amide bonds. The third-order valence-corrected chi connectivity index (χ3v) is 3.77. The van der Waals surface area contributed by atoms with Crippen LogP contribution in [0.5, 0.6) is 11.5 Å². The van der Waals surface area contributed by atoms with Crippen molar-refractivity contribution in [1.29, 1.82) is 0 Å². The summed E-state index contributed by atoms with van der Waals surface area (Å²) in [5.41, 5.74) is 2.84. The van der Waals surface area contributed by atoms with Gasteiger partial charge in [-0.2, -0.15) is 5.10 Å². The number of rotatable bonds is 5. The van der Waals surface area contributed by atoms with Crippen molar-refractivity contribution in [2.45, 2.75) is 40.3 Å². The molecule has 0 unspecified atom stereocenters. The van der Waals surface area contributed by atoms with Crippen molar-refractivity contribution in [3.8, 4) is 11.5 Å². The van der Waals surface area contributed by atoms with Crippen molar-refractivity contribution in [2.75, 3.05) is 0 Å². The first-order valence-electron chi connectivity index (χ1n) is 7.09. The molecule has 21 heavy (non-hydrogen) atoms. The summed E-state index contributed by atoms with van der Waals surface area (Å²) < 4.78 is 7.92. The van der Waals surface area contributed by atoms with Gasteiger partial charge < -0.3 is 10.1 Å². The number of nitrogens with one attached hydrogen (secondary N) is 1. The lowest BCUT2D eigenvalue weighted by molar-refractivity contribution is 0.462. The minimum absolute atomic E-state index is 0.385. The van der Waals surface area contributed by atoms with Gasteiger partial charge in [0.15, 0.2) is 5.75 Å². The molecule has 0 aliphatic carbocycles. The molecule has 0 aliphatic rings. The Morgan fingerprint density at radius 2 is 2.05 bits per heavy atom. The standard InChI is InChI=1S/C16H22ClN3O/c1-10(2)18-9-13-14(17)7-6-8-15(13)21-16-11(3)19-20(5)12(16)4/h6-8,10,18H,9H2,1-5H3. The third-order valence-electron chi connectivity index (χ3n) is 3.42. The molecule has 1 N–H and O–H groups in total. The first-order valence-corrected chi connectivity index (χ1v) is 7.46. The van der Waals surface area contributed by atoms with Gasteiger partial charge in [-0.15, -0.1) is 0 Å². The molecule has 2 aromatic rings. The predicted molar refractivity (Wildman–Crippen MR) is 86.2 cm³/mol. The highest BCUT2D eigenvalue weighted by atomic mass is 35.5. The number of hydrogen-bond acceptors (Lipinski definition) is 3. The highest BCUT2D eigenvalue weighted by Gasteiger charge is 2.15. The number of halogens is 1. The molecule has 1 aromatic carbocycles. The lowest BCUT2D eigenvalue weighted by Crippen LogP contribution is -2.22. The number of benzene rings is 1. The van der Waals surface area contributed by atoms with E-state index >= 15 is 0 Å². The van der Waals surface area contributed by atoms with Crippen LogP contribution in [0.1, 0.15) is 30.8 Å². The maximum absolute atomic E-state index is 6.32. The summed E-state index contributed by atoms with van der Waals surface area (Å²) in [5.74, 6) is 1.57. The Hall–Kier alpha value is -1.52. The normalized spacial score (nSPS) is 11.2. The summed E-state index contributed by atoms with van der Waals surface area (Å²) in [6.45, 7) is 8.81. The number of aromatic nitrogens is 2. The van der Waals surface area contributed by atoms with E-state index in [4.69, 9.17) is 16.3 Å². The molecule has 1 heterocycles. The van der Waals surface area contributed by atoms with Crippen molar-refractivity contribution >= 4 is 11.6 Å². The fraction of sp³-hybridized carbons (Fsp3) is 0.438. The largest absolute Gasteiger partial charge is 0.453 e. The second kappa shape index (κ2) is 6.50. The smallest absolute Gasteiger partial charge is 0.171 e.